The van der Waals surface area contributed by atoms with Crippen molar-refractivity contribution in [3.8, 4) is 11.5 Å². The Morgan fingerprint density at radius 3 is 2.75 bits per heavy atom. The molecule has 0 saturated carbocycles. The summed E-state index contributed by atoms with van der Waals surface area (Å²) >= 11 is 1.33. The van der Waals surface area contributed by atoms with E-state index in [1.54, 1.807) is 31.2 Å². The van der Waals surface area contributed by atoms with Crippen LogP contribution < -0.4 is 14.3 Å². The smallest absolute Gasteiger partial charge is 0.338 e. The minimum absolute atomic E-state index is 0.0934. The van der Waals surface area contributed by atoms with Crippen molar-refractivity contribution in [2.24, 2.45) is 4.99 Å². The van der Waals surface area contributed by atoms with Crippen molar-refractivity contribution < 1.29 is 28.5 Å². The predicted octanol–water partition coefficient (Wildman–Crippen LogP) is 3.18. The highest BCUT2D eigenvalue weighted by Crippen LogP contribution is 2.31. The molecule has 1 unspecified atom stereocenters. The van der Waals surface area contributed by atoms with Crippen LogP contribution in [-0.2, 0) is 20.8 Å². The summed E-state index contributed by atoms with van der Waals surface area (Å²) in [7, 11) is 0. The van der Waals surface area contributed by atoms with Crippen LogP contribution in [-0.4, -0.2) is 49.0 Å². The summed E-state index contributed by atoms with van der Waals surface area (Å²) in [6.45, 7) is 5.67. The van der Waals surface area contributed by atoms with E-state index in [1.807, 2.05) is 29.7 Å². The third kappa shape index (κ3) is 4.68. The second kappa shape index (κ2) is 9.97. The van der Waals surface area contributed by atoms with Crippen molar-refractivity contribution >= 4 is 33.4 Å². The molecule has 0 fully saturated rings. The summed E-state index contributed by atoms with van der Waals surface area (Å²) in [6, 6.07) is 12.5. The molecule has 0 radical (unpaired) electrons. The lowest BCUT2D eigenvalue weighted by atomic mass is 10.2. The molecule has 32 heavy (non-hydrogen) atoms. The maximum atomic E-state index is 12.9. The van der Waals surface area contributed by atoms with Crippen LogP contribution in [0.4, 0.5) is 0 Å². The van der Waals surface area contributed by atoms with Crippen molar-refractivity contribution in [2.45, 2.75) is 26.5 Å². The van der Waals surface area contributed by atoms with Crippen LogP contribution in [0.3, 0.4) is 0 Å². The number of ether oxygens (including phenoxy) is 4. The number of benzene rings is 2. The Morgan fingerprint density at radius 2 is 1.97 bits per heavy atom. The highest BCUT2D eigenvalue weighted by atomic mass is 32.1. The number of rotatable bonds is 7. The summed E-state index contributed by atoms with van der Waals surface area (Å²) in [5.74, 6) is 0.315. The number of nitrogens with zero attached hydrogens (tertiary/aromatic N) is 2. The molecule has 9 heteroatoms. The van der Waals surface area contributed by atoms with Gasteiger partial charge in [0.25, 0.3) is 5.91 Å². The van der Waals surface area contributed by atoms with E-state index < -0.39 is 12.0 Å². The molecule has 168 valence electrons. The minimum atomic E-state index is -0.828. The normalized spacial score (nSPS) is 15.7. The van der Waals surface area contributed by atoms with E-state index in [1.165, 1.54) is 11.3 Å². The molecule has 1 amide bonds. The van der Waals surface area contributed by atoms with Gasteiger partial charge in [0.05, 0.1) is 29.0 Å². The van der Waals surface area contributed by atoms with Gasteiger partial charge in [0.1, 0.15) is 6.61 Å². The van der Waals surface area contributed by atoms with Crippen molar-refractivity contribution in [3.05, 3.63) is 52.8 Å². The zero-order valence-electron chi connectivity index (χ0n) is 17.9. The first-order valence-electron chi connectivity index (χ1n) is 10.5. The molecule has 1 atom stereocenters. The van der Waals surface area contributed by atoms with Crippen LogP contribution in [0.1, 0.15) is 24.2 Å². The van der Waals surface area contributed by atoms with Gasteiger partial charge >= 0.3 is 5.97 Å². The molecule has 3 aromatic rings. The Labute approximate surface area is 189 Å². The molecule has 1 aliphatic rings. The second-order valence-electron chi connectivity index (χ2n) is 6.95. The summed E-state index contributed by atoms with van der Waals surface area (Å²) in [5, 5.41) is 0. The van der Waals surface area contributed by atoms with Gasteiger partial charge in [0.2, 0.25) is 6.10 Å². The van der Waals surface area contributed by atoms with E-state index in [0.29, 0.717) is 48.2 Å². The number of fused-ring (bicyclic) bond motifs is 2. The maximum Gasteiger partial charge on any atom is 0.338 e. The third-order valence-corrected chi connectivity index (χ3v) is 5.89. The molecule has 2 aromatic carbocycles. The molecule has 4 rings (SSSR count). The molecular weight excluding hydrogens is 432 g/mol. The number of carbonyl (C=O) groups is 2. The van der Waals surface area contributed by atoms with Gasteiger partial charge in [-0.3, -0.25) is 4.79 Å². The molecule has 0 aliphatic carbocycles. The fraction of sp³-hybridized carbons (Fsp3) is 0.348. The number of hydrogen-bond acceptors (Lipinski definition) is 7. The van der Waals surface area contributed by atoms with Crippen molar-refractivity contribution in [1.82, 2.24) is 4.57 Å². The Hall–Kier alpha value is -3.17. The van der Waals surface area contributed by atoms with Gasteiger partial charge in [-0.15, -0.1) is 0 Å². The van der Waals surface area contributed by atoms with E-state index in [9.17, 15) is 9.59 Å². The molecule has 2 heterocycles. The lowest BCUT2D eigenvalue weighted by Gasteiger charge is -2.23. The molecule has 1 aromatic heterocycles. The fourth-order valence-electron chi connectivity index (χ4n) is 3.32. The first-order chi connectivity index (χ1) is 15.6. The van der Waals surface area contributed by atoms with Crippen LogP contribution in [0.5, 0.6) is 11.5 Å². The van der Waals surface area contributed by atoms with E-state index in [2.05, 4.69) is 4.99 Å². The van der Waals surface area contributed by atoms with E-state index in [-0.39, 0.29) is 12.6 Å². The quantitative estimate of drug-likeness (QED) is 0.401. The van der Waals surface area contributed by atoms with Gasteiger partial charge in [-0.2, -0.15) is 4.99 Å². The Morgan fingerprint density at radius 1 is 1.16 bits per heavy atom. The highest BCUT2D eigenvalue weighted by Gasteiger charge is 2.27. The standard InChI is InChI=1S/C23H24N2O6S/c1-3-28-12-11-25-16-10-9-15(22(27)29-4-2)13-20(16)32-23(25)24-21(26)19-14-30-17-7-5-6-8-18(17)31-19/h5-10,13,19H,3-4,11-12,14H2,1-2H3. The van der Waals surface area contributed by atoms with Gasteiger partial charge in [0, 0.05) is 13.2 Å². The average molecular weight is 457 g/mol. The van der Waals surface area contributed by atoms with Gasteiger partial charge in [-0.25, -0.2) is 4.79 Å². The first-order valence-corrected chi connectivity index (χ1v) is 11.3. The molecule has 0 spiro atoms. The Balaban J connectivity index is 1.67. The van der Waals surface area contributed by atoms with Crippen molar-refractivity contribution in [2.75, 3.05) is 26.4 Å². The number of thiazole rings is 1. The first kappa shape index (κ1) is 22.0. The van der Waals surface area contributed by atoms with Gasteiger partial charge in [-0.05, 0) is 44.2 Å². The number of para-hydroxylation sites is 2. The zero-order valence-corrected chi connectivity index (χ0v) is 18.7. The molecule has 0 saturated heterocycles. The average Bonchev–Trinajstić information content (AvgIpc) is 3.15. The lowest BCUT2D eigenvalue weighted by Crippen LogP contribution is -2.37. The third-order valence-electron chi connectivity index (χ3n) is 4.85. The summed E-state index contributed by atoms with van der Waals surface area (Å²) in [5.41, 5.74) is 1.32. The zero-order chi connectivity index (χ0) is 22.5. The van der Waals surface area contributed by atoms with E-state index in [4.69, 9.17) is 18.9 Å². The summed E-state index contributed by atoms with van der Waals surface area (Å²) in [4.78, 5) is 29.9. The van der Waals surface area contributed by atoms with Crippen LogP contribution in [0.25, 0.3) is 10.2 Å². The predicted molar refractivity (Wildman–Crippen MR) is 119 cm³/mol. The number of hydrogen-bond donors (Lipinski definition) is 0. The molecule has 0 bridgehead atoms. The Kier molecular flexibility index (Phi) is 6.87. The lowest BCUT2D eigenvalue weighted by molar-refractivity contribution is -0.127. The van der Waals surface area contributed by atoms with Crippen LogP contribution in [0.2, 0.25) is 0 Å². The number of aromatic nitrogens is 1. The fourth-order valence-corrected chi connectivity index (χ4v) is 4.42. The topological polar surface area (TPSA) is 88.4 Å². The minimum Gasteiger partial charge on any atom is -0.485 e. The van der Waals surface area contributed by atoms with Gasteiger partial charge in [0.15, 0.2) is 16.3 Å². The van der Waals surface area contributed by atoms with Crippen molar-refractivity contribution in [3.63, 3.8) is 0 Å². The van der Waals surface area contributed by atoms with E-state index >= 15 is 0 Å². The maximum absolute atomic E-state index is 12.9. The van der Waals surface area contributed by atoms with Crippen LogP contribution >= 0.6 is 11.3 Å². The number of carbonyl (C=O) groups excluding carboxylic acids is 2. The van der Waals surface area contributed by atoms with Gasteiger partial charge in [-0.1, -0.05) is 23.5 Å². The second-order valence-corrected chi connectivity index (χ2v) is 7.96. The summed E-state index contributed by atoms with van der Waals surface area (Å²) < 4.78 is 24.8. The largest absolute Gasteiger partial charge is 0.485 e. The highest BCUT2D eigenvalue weighted by molar-refractivity contribution is 7.16. The monoisotopic (exact) mass is 456 g/mol. The number of amides is 1. The number of esters is 1. The molecule has 8 nitrogen and oxygen atoms in total. The Bertz CT molecular complexity index is 1200. The SMILES string of the molecule is CCOCCn1c(=NC(=O)C2COc3ccccc3O2)sc2cc(C(=O)OCC)ccc21. The summed E-state index contributed by atoms with van der Waals surface area (Å²) in [6.07, 6.45) is -0.828. The molecular formula is C23H24N2O6S. The van der Waals surface area contributed by atoms with Gasteiger partial charge < -0.3 is 23.5 Å². The van der Waals surface area contributed by atoms with Crippen molar-refractivity contribution in [1.29, 1.82) is 0 Å². The molecule has 0 N–H and O–H groups in total. The van der Waals surface area contributed by atoms with E-state index in [0.717, 1.165) is 10.2 Å². The van der Waals surface area contributed by atoms with Crippen LogP contribution in [0.15, 0.2) is 47.5 Å². The molecule has 1 aliphatic heterocycles. The van der Waals surface area contributed by atoms with Crippen LogP contribution in [0, 0.1) is 0 Å².